The van der Waals surface area contributed by atoms with Gasteiger partial charge in [-0.15, -0.1) is 0 Å². The number of rotatable bonds is 4. The van der Waals surface area contributed by atoms with Crippen LogP contribution in [0.1, 0.15) is 12.0 Å². The summed E-state index contributed by atoms with van der Waals surface area (Å²) in [6.07, 6.45) is 1.72. The fourth-order valence-corrected chi connectivity index (χ4v) is 3.56. The van der Waals surface area contributed by atoms with Crippen molar-refractivity contribution in [3.63, 3.8) is 0 Å². The number of carbonyl (C=O) groups excluding carboxylic acids is 1. The van der Waals surface area contributed by atoms with Crippen LogP contribution in [-0.4, -0.2) is 35.7 Å². The number of nitrogens with zero attached hydrogens (tertiary/aromatic N) is 1. The van der Waals surface area contributed by atoms with Crippen molar-refractivity contribution < 1.29 is 23.1 Å². The van der Waals surface area contributed by atoms with E-state index in [4.69, 9.17) is 5.11 Å². The van der Waals surface area contributed by atoms with Crippen molar-refractivity contribution in [2.75, 3.05) is 0 Å². The number of carboxylic acids is 1. The van der Waals surface area contributed by atoms with Gasteiger partial charge in [-0.25, -0.2) is 8.42 Å². The molecule has 0 fully saturated rings. The molecular formula is C13H14N2O5S. The van der Waals surface area contributed by atoms with Gasteiger partial charge in [-0.3, -0.25) is 13.9 Å². The molecule has 0 aliphatic carbocycles. The molecule has 7 nitrogen and oxygen atoms in total. The molecular weight excluding hydrogens is 296 g/mol. The van der Waals surface area contributed by atoms with Crippen LogP contribution in [0.2, 0.25) is 0 Å². The van der Waals surface area contributed by atoms with Crippen LogP contribution >= 0.6 is 0 Å². The molecule has 0 aromatic heterocycles. The highest BCUT2D eigenvalue weighted by molar-refractivity contribution is 7.89. The molecule has 1 aromatic rings. The minimum absolute atomic E-state index is 0.0113. The predicted molar refractivity (Wildman–Crippen MR) is 73.5 cm³/mol. The van der Waals surface area contributed by atoms with Gasteiger partial charge in [0.05, 0.1) is 11.3 Å². The van der Waals surface area contributed by atoms with Gasteiger partial charge in [0.1, 0.15) is 6.04 Å². The predicted octanol–water partition coefficient (Wildman–Crippen LogP) is 0.430. The van der Waals surface area contributed by atoms with Crippen molar-refractivity contribution in [1.29, 1.82) is 0 Å². The van der Waals surface area contributed by atoms with Crippen LogP contribution in [0.5, 0.6) is 0 Å². The summed E-state index contributed by atoms with van der Waals surface area (Å²) in [4.78, 5) is 22.6. The number of carbonyl (C=O) groups is 2. The lowest BCUT2D eigenvalue weighted by Crippen LogP contribution is -2.49. The fraction of sp³-hybridized carbons (Fsp3) is 0.231. The summed E-state index contributed by atoms with van der Waals surface area (Å²) in [6, 6.07) is 4.89. The molecule has 0 saturated carbocycles. The number of hydrogen-bond acceptors (Lipinski definition) is 4. The molecule has 0 saturated heterocycles. The zero-order valence-electron chi connectivity index (χ0n) is 11.2. The van der Waals surface area contributed by atoms with E-state index in [1.807, 2.05) is 0 Å². The number of sulfonamides is 1. The molecule has 8 heteroatoms. The second-order valence-electron chi connectivity index (χ2n) is 4.59. The van der Waals surface area contributed by atoms with E-state index in [-0.39, 0.29) is 4.90 Å². The zero-order valence-corrected chi connectivity index (χ0v) is 12.0. The van der Waals surface area contributed by atoms with Gasteiger partial charge in [0, 0.05) is 12.4 Å². The standard InChI is InChI=1S/C13H14N2O5S/c1-9-3-2-4-10(7-9)21(19,20)15-6-5-14-13(18)11(15)8-12(16)17/h2-7,11H,8H2,1H3,(H,14,18)(H,16,17). The molecule has 0 bridgehead atoms. The molecule has 21 heavy (non-hydrogen) atoms. The van der Waals surface area contributed by atoms with Crippen molar-refractivity contribution in [3.05, 3.63) is 42.2 Å². The van der Waals surface area contributed by atoms with Crippen LogP contribution in [0.4, 0.5) is 0 Å². The molecule has 1 aromatic carbocycles. The normalized spacial score (nSPS) is 18.4. The minimum atomic E-state index is -3.99. The lowest BCUT2D eigenvalue weighted by atomic mass is 10.2. The van der Waals surface area contributed by atoms with Crippen molar-refractivity contribution in [2.24, 2.45) is 0 Å². The first-order valence-electron chi connectivity index (χ1n) is 6.11. The molecule has 1 aliphatic rings. The molecule has 1 amide bonds. The van der Waals surface area contributed by atoms with Gasteiger partial charge in [0.2, 0.25) is 5.91 Å². The first kappa shape index (κ1) is 15.0. The minimum Gasteiger partial charge on any atom is -0.481 e. The third kappa shape index (κ3) is 3.05. The molecule has 1 unspecified atom stereocenters. The Labute approximate surface area is 121 Å². The van der Waals surface area contributed by atoms with Gasteiger partial charge in [-0.2, -0.15) is 0 Å². The smallest absolute Gasteiger partial charge is 0.306 e. The molecule has 1 aliphatic heterocycles. The van der Waals surface area contributed by atoms with Crippen LogP contribution in [0.15, 0.2) is 41.6 Å². The third-order valence-corrected chi connectivity index (χ3v) is 4.77. The Morgan fingerprint density at radius 1 is 1.43 bits per heavy atom. The summed E-state index contributed by atoms with van der Waals surface area (Å²) in [5, 5.41) is 11.2. The first-order chi connectivity index (χ1) is 9.82. The molecule has 2 rings (SSSR count). The van der Waals surface area contributed by atoms with Crippen molar-refractivity contribution in [2.45, 2.75) is 24.3 Å². The topological polar surface area (TPSA) is 104 Å². The number of aliphatic carboxylic acids is 1. The maximum atomic E-state index is 12.6. The van der Waals surface area contributed by atoms with Gasteiger partial charge in [0.15, 0.2) is 0 Å². The Morgan fingerprint density at radius 2 is 2.14 bits per heavy atom. The van der Waals surface area contributed by atoms with E-state index in [0.717, 1.165) is 16.1 Å². The first-order valence-corrected chi connectivity index (χ1v) is 7.55. The quantitative estimate of drug-likeness (QED) is 0.839. The molecule has 1 atom stereocenters. The third-order valence-electron chi connectivity index (χ3n) is 2.99. The molecule has 2 N–H and O–H groups in total. The summed E-state index contributed by atoms with van der Waals surface area (Å²) < 4.78 is 25.9. The maximum Gasteiger partial charge on any atom is 0.306 e. The van der Waals surface area contributed by atoms with Crippen molar-refractivity contribution in [1.82, 2.24) is 9.62 Å². The Kier molecular flexibility index (Phi) is 3.99. The van der Waals surface area contributed by atoms with Gasteiger partial charge < -0.3 is 10.4 Å². The summed E-state index contributed by atoms with van der Waals surface area (Å²) in [5.41, 5.74) is 0.747. The average Bonchev–Trinajstić information content (AvgIpc) is 2.40. The average molecular weight is 310 g/mol. The molecule has 0 radical (unpaired) electrons. The monoisotopic (exact) mass is 310 g/mol. The van der Waals surface area contributed by atoms with E-state index in [1.54, 1.807) is 19.1 Å². The molecule has 1 heterocycles. The Hall–Kier alpha value is -2.35. The van der Waals surface area contributed by atoms with Gasteiger partial charge in [-0.1, -0.05) is 12.1 Å². The van der Waals surface area contributed by atoms with Gasteiger partial charge in [0.25, 0.3) is 10.0 Å². The van der Waals surface area contributed by atoms with Gasteiger partial charge >= 0.3 is 5.97 Å². The van der Waals surface area contributed by atoms with Crippen LogP contribution in [0, 0.1) is 6.92 Å². The zero-order chi connectivity index (χ0) is 15.6. The Balaban J connectivity index is 2.45. The van der Waals surface area contributed by atoms with E-state index < -0.39 is 34.4 Å². The summed E-state index contributed by atoms with van der Waals surface area (Å²) in [6.45, 7) is 1.74. The molecule has 0 spiro atoms. The lowest BCUT2D eigenvalue weighted by molar-refractivity contribution is -0.140. The number of aryl methyl sites for hydroxylation is 1. The number of hydrogen-bond donors (Lipinski definition) is 2. The van der Waals surface area contributed by atoms with E-state index in [2.05, 4.69) is 5.32 Å². The van der Waals surface area contributed by atoms with Crippen LogP contribution in [0.25, 0.3) is 0 Å². The summed E-state index contributed by atoms with van der Waals surface area (Å²) >= 11 is 0. The van der Waals surface area contributed by atoms with Crippen LogP contribution in [0.3, 0.4) is 0 Å². The lowest BCUT2D eigenvalue weighted by Gasteiger charge is -2.30. The van der Waals surface area contributed by atoms with Crippen LogP contribution < -0.4 is 5.32 Å². The number of benzene rings is 1. The Morgan fingerprint density at radius 3 is 2.76 bits per heavy atom. The van der Waals surface area contributed by atoms with E-state index in [0.29, 0.717) is 0 Å². The highest BCUT2D eigenvalue weighted by atomic mass is 32.2. The Bertz CT molecular complexity index is 711. The van der Waals surface area contributed by atoms with Crippen molar-refractivity contribution >= 4 is 21.9 Å². The second-order valence-corrected chi connectivity index (χ2v) is 6.43. The van der Waals surface area contributed by atoms with E-state index in [1.165, 1.54) is 18.3 Å². The number of carboxylic acid groups (broad SMARTS) is 1. The molecule has 112 valence electrons. The maximum absolute atomic E-state index is 12.6. The highest BCUT2D eigenvalue weighted by Crippen LogP contribution is 2.22. The second kappa shape index (κ2) is 5.57. The van der Waals surface area contributed by atoms with E-state index in [9.17, 15) is 18.0 Å². The van der Waals surface area contributed by atoms with Crippen LogP contribution in [-0.2, 0) is 19.6 Å². The van der Waals surface area contributed by atoms with Crippen molar-refractivity contribution in [3.8, 4) is 0 Å². The van der Waals surface area contributed by atoms with Gasteiger partial charge in [-0.05, 0) is 24.6 Å². The largest absolute Gasteiger partial charge is 0.481 e. The van der Waals surface area contributed by atoms with E-state index >= 15 is 0 Å². The number of amides is 1. The summed E-state index contributed by atoms with van der Waals surface area (Å²) in [7, 11) is -3.99. The number of nitrogens with one attached hydrogen (secondary N) is 1. The highest BCUT2D eigenvalue weighted by Gasteiger charge is 2.36. The summed E-state index contributed by atoms with van der Waals surface area (Å²) in [5.74, 6) is -1.92. The SMILES string of the molecule is Cc1cccc(S(=O)(=O)N2C=CNC(=O)C2CC(=O)O)c1. The fourth-order valence-electron chi connectivity index (χ4n) is 2.00.